The van der Waals surface area contributed by atoms with Crippen molar-refractivity contribution in [2.75, 3.05) is 6.54 Å². The first kappa shape index (κ1) is 19.4. The summed E-state index contributed by atoms with van der Waals surface area (Å²) in [6, 6.07) is 3.67. The lowest BCUT2D eigenvalue weighted by Gasteiger charge is -2.21. The van der Waals surface area contributed by atoms with Gasteiger partial charge in [0.15, 0.2) is 0 Å². The highest BCUT2D eigenvalue weighted by Crippen LogP contribution is 2.11. The summed E-state index contributed by atoms with van der Waals surface area (Å²) in [6.07, 6.45) is -1.05. The highest BCUT2D eigenvalue weighted by Gasteiger charge is 2.26. The number of carboxylic acid groups (broad SMARTS) is 1. The van der Waals surface area contributed by atoms with Crippen LogP contribution in [0.15, 0.2) is 24.3 Å². The molecule has 9 nitrogen and oxygen atoms in total. The van der Waals surface area contributed by atoms with Crippen LogP contribution in [0.25, 0.3) is 0 Å². The first-order chi connectivity index (χ1) is 11.2. The minimum atomic E-state index is -1.22. The zero-order valence-corrected chi connectivity index (χ0v) is 13.1. The van der Waals surface area contributed by atoms with Crippen molar-refractivity contribution < 1.29 is 29.7 Å². The zero-order valence-electron chi connectivity index (χ0n) is 13.1. The van der Waals surface area contributed by atoms with Crippen LogP contribution in [0.2, 0.25) is 0 Å². The number of amides is 2. The molecule has 0 radical (unpaired) electrons. The molecule has 24 heavy (non-hydrogen) atoms. The van der Waals surface area contributed by atoms with E-state index in [-0.39, 0.29) is 12.2 Å². The molecular weight excluding hydrogens is 318 g/mol. The van der Waals surface area contributed by atoms with Gasteiger partial charge < -0.3 is 31.7 Å². The van der Waals surface area contributed by atoms with Gasteiger partial charge in [0, 0.05) is 6.42 Å². The lowest BCUT2D eigenvalue weighted by molar-refractivity contribution is -0.138. The number of aliphatic carboxylic acids is 1. The van der Waals surface area contributed by atoms with Crippen molar-refractivity contribution in [3.8, 4) is 5.75 Å². The van der Waals surface area contributed by atoms with Gasteiger partial charge in [0.25, 0.3) is 0 Å². The molecule has 0 aliphatic rings. The van der Waals surface area contributed by atoms with Gasteiger partial charge in [-0.3, -0.25) is 14.4 Å². The van der Waals surface area contributed by atoms with Crippen LogP contribution in [0.4, 0.5) is 0 Å². The van der Waals surface area contributed by atoms with Gasteiger partial charge in [-0.05, 0) is 24.6 Å². The number of aliphatic hydroxyl groups is 1. The summed E-state index contributed by atoms with van der Waals surface area (Å²) >= 11 is 0. The first-order valence-electron chi connectivity index (χ1n) is 7.22. The summed E-state index contributed by atoms with van der Waals surface area (Å²) in [4.78, 5) is 34.6. The minimum Gasteiger partial charge on any atom is -0.508 e. The smallest absolute Gasteiger partial charge is 0.322 e. The monoisotopic (exact) mass is 339 g/mol. The van der Waals surface area contributed by atoms with Crippen LogP contribution in [0.3, 0.4) is 0 Å². The van der Waals surface area contributed by atoms with Crippen molar-refractivity contribution in [3.05, 3.63) is 29.8 Å². The quantitative estimate of drug-likeness (QED) is 0.330. The van der Waals surface area contributed by atoms with E-state index in [0.29, 0.717) is 5.56 Å². The second kappa shape index (κ2) is 8.85. The van der Waals surface area contributed by atoms with Gasteiger partial charge in [0.05, 0.1) is 6.10 Å². The summed E-state index contributed by atoms with van der Waals surface area (Å²) in [6.45, 7) is 0.743. The highest BCUT2D eigenvalue weighted by atomic mass is 16.4. The van der Waals surface area contributed by atoms with Crippen LogP contribution < -0.4 is 16.4 Å². The van der Waals surface area contributed by atoms with Gasteiger partial charge in [-0.1, -0.05) is 12.1 Å². The molecule has 2 amide bonds. The topological polar surface area (TPSA) is 162 Å². The number of carboxylic acids is 1. The van der Waals surface area contributed by atoms with Crippen molar-refractivity contribution in [1.29, 1.82) is 0 Å². The molecule has 9 heteroatoms. The number of nitrogens with two attached hydrogens (primary N) is 1. The maximum atomic E-state index is 12.1. The van der Waals surface area contributed by atoms with Gasteiger partial charge in [-0.25, -0.2) is 0 Å². The van der Waals surface area contributed by atoms with Crippen molar-refractivity contribution in [2.45, 2.75) is 31.5 Å². The lowest BCUT2D eigenvalue weighted by atomic mass is 10.0. The number of aromatic hydroxyl groups is 1. The lowest BCUT2D eigenvalue weighted by Crippen LogP contribution is -2.55. The molecule has 1 aromatic rings. The molecule has 0 aliphatic carbocycles. The van der Waals surface area contributed by atoms with Gasteiger partial charge >= 0.3 is 5.97 Å². The Hall–Kier alpha value is -2.65. The Morgan fingerprint density at radius 3 is 2.25 bits per heavy atom. The van der Waals surface area contributed by atoms with Crippen LogP contribution in [-0.2, 0) is 20.8 Å². The maximum Gasteiger partial charge on any atom is 0.322 e. The normalized spacial score (nSPS) is 14.3. The molecule has 3 atom stereocenters. The predicted octanol–water partition coefficient (Wildman–Crippen LogP) is -1.67. The number of phenols is 1. The molecule has 0 unspecified atom stereocenters. The van der Waals surface area contributed by atoms with Gasteiger partial charge in [0.1, 0.15) is 24.4 Å². The average Bonchev–Trinajstić information content (AvgIpc) is 2.52. The molecule has 0 heterocycles. The van der Waals surface area contributed by atoms with Gasteiger partial charge in [-0.15, -0.1) is 0 Å². The molecule has 0 fully saturated rings. The van der Waals surface area contributed by atoms with Crippen molar-refractivity contribution in [2.24, 2.45) is 5.73 Å². The van der Waals surface area contributed by atoms with Crippen LogP contribution in [0.1, 0.15) is 12.5 Å². The van der Waals surface area contributed by atoms with Crippen LogP contribution >= 0.6 is 0 Å². The fraction of sp³-hybridized carbons (Fsp3) is 0.400. The van der Waals surface area contributed by atoms with Crippen LogP contribution in [0, 0.1) is 0 Å². The third-order valence-electron chi connectivity index (χ3n) is 3.25. The van der Waals surface area contributed by atoms with Crippen molar-refractivity contribution in [1.82, 2.24) is 10.6 Å². The van der Waals surface area contributed by atoms with E-state index in [1.807, 2.05) is 0 Å². The summed E-state index contributed by atoms with van der Waals surface area (Å²) in [5, 5.41) is 31.8. The SMILES string of the molecule is C[C@@H](O)[C@H](N)C(=O)N[C@@H](Cc1ccc(O)cc1)C(=O)NCC(=O)O. The average molecular weight is 339 g/mol. The molecule has 0 bridgehead atoms. The number of hydrogen-bond donors (Lipinski definition) is 6. The minimum absolute atomic E-state index is 0.0470. The summed E-state index contributed by atoms with van der Waals surface area (Å²) < 4.78 is 0. The molecule has 7 N–H and O–H groups in total. The number of phenolic OH excluding ortho intramolecular Hbond substituents is 1. The van der Waals surface area contributed by atoms with E-state index in [4.69, 9.17) is 10.8 Å². The van der Waals surface area contributed by atoms with E-state index in [9.17, 15) is 24.6 Å². The van der Waals surface area contributed by atoms with Crippen LogP contribution in [-0.4, -0.2) is 57.8 Å². The largest absolute Gasteiger partial charge is 0.508 e. The Morgan fingerprint density at radius 1 is 1.17 bits per heavy atom. The molecular formula is C15H21N3O6. The molecule has 1 aromatic carbocycles. The Kier molecular flexibility index (Phi) is 7.15. The predicted molar refractivity (Wildman–Crippen MR) is 84.0 cm³/mol. The van der Waals surface area contributed by atoms with Crippen LogP contribution in [0.5, 0.6) is 5.75 Å². The molecule has 0 saturated heterocycles. The third kappa shape index (κ3) is 6.23. The fourth-order valence-electron chi connectivity index (χ4n) is 1.85. The summed E-state index contributed by atoms with van der Waals surface area (Å²) in [5.41, 5.74) is 6.16. The number of aliphatic hydroxyl groups excluding tert-OH is 1. The maximum absolute atomic E-state index is 12.1. The fourth-order valence-corrected chi connectivity index (χ4v) is 1.85. The Balaban J connectivity index is 2.85. The van der Waals surface area contributed by atoms with Gasteiger partial charge in [-0.2, -0.15) is 0 Å². The Bertz CT molecular complexity index is 587. The Labute approximate surface area is 138 Å². The highest BCUT2D eigenvalue weighted by molar-refractivity contribution is 5.91. The molecule has 1 rings (SSSR count). The second-order valence-electron chi connectivity index (χ2n) is 5.31. The van der Waals surface area contributed by atoms with E-state index in [0.717, 1.165) is 0 Å². The first-order valence-corrected chi connectivity index (χ1v) is 7.22. The molecule has 132 valence electrons. The van der Waals surface area contributed by atoms with E-state index >= 15 is 0 Å². The standard InChI is InChI=1S/C15H21N3O6/c1-8(19)13(16)15(24)18-11(14(23)17-7-12(21)22)6-9-2-4-10(20)5-3-9/h2-5,8,11,13,19-20H,6-7,16H2,1H3,(H,17,23)(H,18,24)(H,21,22)/t8-,11+,13+/m1/s1. The van der Waals surface area contributed by atoms with E-state index in [1.54, 1.807) is 12.1 Å². The van der Waals surface area contributed by atoms with Gasteiger partial charge in [0.2, 0.25) is 11.8 Å². The third-order valence-corrected chi connectivity index (χ3v) is 3.25. The molecule has 0 aliphatic heterocycles. The molecule has 0 spiro atoms. The van der Waals surface area contributed by atoms with Crippen molar-refractivity contribution >= 4 is 17.8 Å². The summed E-state index contributed by atoms with van der Waals surface area (Å²) in [5.74, 6) is -2.61. The van der Waals surface area contributed by atoms with E-state index in [2.05, 4.69) is 10.6 Å². The second-order valence-corrected chi connectivity index (χ2v) is 5.31. The van der Waals surface area contributed by atoms with E-state index in [1.165, 1.54) is 19.1 Å². The zero-order chi connectivity index (χ0) is 18.3. The summed E-state index contributed by atoms with van der Waals surface area (Å²) in [7, 11) is 0. The molecule has 0 aromatic heterocycles. The number of rotatable bonds is 8. The number of hydrogen-bond acceptors (Lipinski definition) is 6. The number of benzene rings is 1. The number of carbonyl (C=O) groups excluding carboxylic acids is 2. The Morgan fingerprint density at radius 2 is 1.75 bits per heavy atom. The van der Waals surface area contributed by atoms with E-state index < -0.39 is 42.5 Å². The van der Waals surface area contributed by atoms with Crippen molar-refractivity contribution in [3.63, 3.8) is 0 Å². The molecule has 0 saturated carbocycles. The number of nitrogens with one attached hydrogen (secondary N) is 2. The number of carbonyl (C=O) groups is 3.